The number of thiophene rings is 1. The van der Waals surface area contributed by atoms with Crippen molar-refractivity contribution < 1.29 is 17.6 Å². The molecule has 1 heterocycles. The summed E-state index contributed by atoms with van der Waals surface area (Å²) in [6, 6.07) is 15.2. The van der Waals surface area contributed by atoms with Gasteiger partial charge in [-0.3, -0.25) is 9.52 Å². The largest absolute Gasteiger partial charge is 0.279 e. The molecule has 6 nitrogen and oxygen atoms in total. The summed E-state index contributed by atoms with van der Waals surface area (Å²) in [6.45, 7) is 1.58. The minimum Gasteiger partial charge on any atom is -0.279 e. The lowest BCUT2D eigenvalue weighted by Gasteiger charge is -2.07. The van der Waals surface area contributed by atoms with Gasteiger partial charge in [0.25, 0.3) is 15.9 Å². The van der Waals surface area contributed by atoms with Gasteiger partial charge in [-0.2, -0.15) is 5.10 Å². The summed E-state index contributed by atoms with van der Waals surface area (Å²) in [7, 11) is -3.65. The predicted molar refractivity (Wildman–Crippen MR) is 108 cm³/mol. The first kappa shape index (κ1) is 19.7. The summed E-state index contributed by atoms with van der Waals surface area (Å²) in [5, 5.41) is 5.59. The fourth-order valence-corrected chi connectivity index (χ4v) is 4.38. The molecule has 3 aromatic rings. The van der Waals surface area contributed by atoms with Crippen molar-refractivity contribution in [2.24, 2.45) is 5.10 Å². The number of carbonyl (C=O) groups is 1. The van der Waals surface area contributed by atoms with Crippen molar-refractivity contribution in [1.29, 1.82) is 0 Å². The van der Waals surface area contributed by atoms with Crippen LogP contribution < -0.4 is 10.1 Å². The van der Waals surface area contributed by atoms with Crippen LogP contribution >= 0.6 is 11.3 Å². The molecule has 28 heavy (non-hydrogen) atoms. The highest BCUT2D eigenvalue weighted by Crippen LogP contribution is 2.20. The average Bonchev–Trinajstić information content (AvgIpc) is 3.22. The first-order chi connectivity index (χ1) is 13.4. The second-order valence-electron chi connectivity index (χ2n) is 5.73. The Morgan fingerprint density at radius 1 is 1.04 bits per heavy atom. The molecule has 0 saturated heterocycles. The molecule has 144 valence electrons. The van der Waals surface area contributed by atoms with E-state index in [-0.39, 0.29) is 9.77 Å². The van der Waals surface area contributed by atoms with E-state index in [4.69, 9.17) is 0 Å². The van der Waals surface area contributed by atoms with E-state index in [1.807, 2.05) is 0 Å². The second-order valence-corrected chi connectivity index (χ2v) is 8.59. The Morgan fingerprint density at radius 2 is 1.75 bits per heavy atom. The molecular formula is C19H16FN3O3S2. The fraction of sp³-hybridized carbons (Fsp3) is 0.0526. The minimum atomic E-state index is -3.65. The van der Waals surface area contributed by atoms with Gasteiger partial charge in [-0.15, -0.1) is 11.3 Å². The van der Waals surface area contributed by atoms with Crippen LogP contribution in [0.1, 0.15) is 22.8 Å². The molecule has 0 aliphatic carbocycles. The molecule has 0 aliphatic rings. The van der Waals surface area contributed by atoms with E-state index < -0.39 is 21.7 Å². The molecule has 0 aliphatic heterocycles. The Balaban J connectivity index is 1.67. The lowest BCUT2D eigenvalue weighted by Crippen LogP contribution is -2.19. The Labute approximate surface area is 165 Å². The molecule has 0 unspecified atom stereocenters. The van der Waals surface area contributed by atoms with Gasteiger partial charge in [0.1, 0.15) is 10.0 Å². The van der Waals surface area contributed by atoms with Crippen LogP contribution in [-0.4, -0.2) is 20.0 Å². The van der Waals surface area contributed by atoms with Crippen LogP contribution in [-0.2, 0) is 10.0 Å². The van der Waals surface area contributed by atoms with Crippen LogP contribution in [0.15, 0.2) is 75.4 Å². The summed E-state index contributed by atoms with van der Waals surface area (Å²) < 4.78 is 40.8. The maximum Gasteiger partial charge on any atom is 0.271 e. The number of nitrogens with zero attached hydrogens (tertiary/aromatic N) is 1. The van der Waals surface area contributed by atoms with Crippen molar-refractivity contribution in [1.82, 2.24) is 5.43 Å². The van der Waals surface area contributed by atoms with Crippen LogP contribution in [0.5, 0.6) is 0 Å². The highest BCUT2D eigenvalue weighted by molar-refractivity contribution is 7.94. The van der Waals surface area contributed by atoms with E-state index in [9.17, 15) is 17.6 Å². The number of nitrogens with one attached hydrogen (secondary N) is 2. The number of hydrogen-bond donors (Lipinski definition) is 2. The molecule has 9 heteroatoms. The van der Waals surface area contributed by atoms with Crippen LogP contribution in [0.25, 0.3) is 0 Å². The predicted octanol–water partition coefficient (Wildman–Crippen LogP) is 3.84. The van der Waals surface area contributed by atoms with Gasteiger partial charge in [-0.25, -0.2) is 18.2 Å². The first-order valence-corrected chi connectivity index (χ1v) is 10.5. The average molecular weight is 417 g/mol. The number of halogens is 1. The Morgan fingerprint density at radius 3 is 2.39 bits per heavy atom. The van der Waals surface area contributed by atoms with Gasteiger partial charge in [0.05, 0.1) is 5.71 Å². The zero-order valence-corrected chi connectivity index (χ0v) is 16.4. The van der Waals surface area contributed by atoms with Crippen LogP contribution in [0.3, 0.4) is 0 Å². The number of benzene rings is 2. The zero-order valence-electron chi connectivity index (χ0n) is 14.7. The summed E-state index contributed by atoms with van der Waals surface area (Å²) in [6.07, 6.45) is 0. The lowest BCUT2D eigenvalue weighted by molar-refractivity contribution is 0.0955. The van der Waals surface area contributed by atoms with Gasteiger partial charge in [-0.05, 0) is 48.7 Å². The fourth-order valence-electron chi connectivity index (χ4n) is 2.33. The third-order valence-electron chi connectivity index (χ3n) is 3.75. The van der Waals surface area contributed by atoms with Gasteiger partial charge in [0, 0.05) is 16.8 Å². The number of sulfonamides is 1. The normalized spacial score (nSPS) is 11.9. The molecule has 0 fully saturated rings. The van der Waals surface area contributed by atoms with Crippen molar-refractivity contribution in [2.75, 3.05) is 4.72 Å². The van der Waals surface area contributed by atoms with Crippen LogP contribution in [0.2, 0.25) is 0 Å². The molecule has 0 saturated carbocycles. The van der Waals surface area contributed by atoms with E-state index in [2.05, 4.69) is 15.2 Å². The molecular weight excluding hydrogens is 401 g/mol. The summed E-state index contributed by atoms with van der Waals surface area (Å²) in [5.41, 5.74) is 3.59. The Kier molecular flexibility index (Phi) is 5.86. The van der Waals surface area contributed by atoms with Crippen molar-refractivity contribution in [3.8, 4) is 0 Å². The molecule has 2 N–H and O–H groups in total. The topological polar surface area (TPSA) is 87.6 Å². The van der Waals surface area contributed by atoms with Gasteiger partial charge in [0.15, 0.2) is 0 Å². The summed E-state index contributed by atoms with van der Waals surface area (Å²) in [4.78, 5) is 12.2. The number of hydrazone groups is 1. The molecule has 1 amide bonds. The first-order valence-electron chi connectivity index (χ1n) is 8.13. The smallest absolute Gasteiger partial charge is 0.271 e. The number of anilines is 1. The molecule has 0 bridgehead atoms. The SMILES string of the molecule is C/C(=N\NC(=O)c1ccc(NS(=O)(=O)c2cccs2)cc1)c1ccccc1F. The van der Waals surface area contributed by atoms with Crippen LogP contribution in [0, 0.1) is 5.82 Å². The van der Waals surface area contributed by atoms with Gasteiger partial charge >= 0.3 is 0 Å². The van der Waals surface area contributed by atoms with Crippen LogP contribution in [0.4, 0.5) is 10.1 Å². The summed E-state index contributed by atoms with van der Waals surface area (Å²) >= 11 is 1.11. The van der Waals surface area contributed by atoms with E-state index in [0.29, 0.717) is 17.0 Å². The zero-order chi connectivity index (χ0) is 20.1. The molecule has 3 rings (SSSR count). The quantitative estimate of drug-likeness (QED) is 0.472. The van der Waals surface area contributed by atoms with Crippen molar-refractivity contribution in [3.63, 3.8) is 0 Å². The Hall–Kier alpha value is -3.04. The van der Waals surface area contributed by atoms with E-state index in [1.54, 1.807) is 36.6 Å². The minimum absolute atomic E-state index is 0.201. The van der Waals surface area contributed by atoms with Gasteiger partial charge < -0.3 is 0 Å². The van der Waals surface area contributed by atoms with E-state index in [0.717, 1.165) is 11.3 Å². The maximum absolute atomic E-state index is 13.7. The third-order valence-corrected chi connectivity index (χ3v) is 6.53. The molecule has 0 atom stereocenters. The highest BCUT2D eigenvalue weighted by Gasteiger charge is 2.15. The van der Waals surface area contributed by atoms with E-state index in [1.165, 1.54) is 36.4 Å². The highest BCUT2D eigenvalue weighted by atomic mass is 32.2. The third kappa shape index (κ3) is 4.62. The number of carbonyl (C=O) groups excluding carboxylic acids is 1. The van der Waals surface area contributed by atoms with Gasteiger partial charge in [0.2, 0.25) is 0 Å². The van der Waals surface area contributed by atoms with Gasteiger partial charge in [-0.1, -0.05) is 24.3 Å². The molecule has 2 aromatic carbocycles. The number of amides is 1. The monoisotopic (exact) mass is 417 g/mol. The second kappa shape index (κ2) is 8.32. The molecule has 1 aromatic heterocycles. The van der Waals surface area contributed by atoms with E-state index >= 15 is 0 Å². The molecule has 0 spiro atoms. The molecule has 0 radical (unpaired) electrons. The number of hydrogen-bond acceptors (Lipinski definition) is 5. The maximum atomic E-state index is 13.7. The Bertz CT molecular complexity index is 1110. The van der Waals surface area contributed by atoms with Crippen molar-refractivity contribution >= 4 is 38.7 Å². The van der Waals surface area contributed by atoms with Crippen molar-refractivity contribution in [2.45, 2.75) is 11.1 Å². The summed E-state index contributed by atoms with van der Waals surface area (Å²) in [5.74, 6) is -0.927. The standard InChI is InChI=1S/C19H16FN3O3S2/c1-13(16-5-2-3-6-17(16)20)21-22-19(24)14-8-10-15(11-9-14)23-28(25,26)18-7-4-12-27-18/h2-12,23H,1H3,(H,22,24)/b21-13+. The number of rotatable bonds is 6. The van der Waals surface area contributed by atoms with Crippen molar-refractivity contribution in [3.05, 3.63) is 83.0 Å². The lowest BCUT2D eigenvalue weighted by atomic mass is 10.1.